The Labute approximate surface area is 250 Å². The quantitative estimate of drug-likeness (QED) is 0.247. The van der Waals surface area contributed by atoms with Crippen molar-refractivity contribution < 1.29 is 27.1 Å². The van der Waals surface area contributed by atoms with E-state index in [1.807, 2.05) is 12.1 Å². The molecule has 0 atom stereocenters. The number of amides is 2. The Morgan fingerprint density at radius 1 is 0.837 bits per heavy atom. The van der Waals surface area contributed by atoms with Crippen LogP contribution in [0.4, 0.5) is 15.8 Å². The average molecular weight is 600 g/mol. The molecule has 0 bridgehead atoms. The Hall–Kier alpha value is -4.98. The molecule has 43 heavy (non-hydrogen) atoms. The van der Waals surface area contributed by atoms with E-state index in [1.165, 1.54) is 12.1 Å². The Morgan fingerprint density at radius 2 is 1.49 bits per heavy atom. The summed E-state index contributed by atoms with van der Waals surface area (Å²) in [6.45, 7) is 0.427. The summed E-state index contributed by atoms with van der Waals surface area (Å²) in [5, 5.41) is 5.51. The van der Waals surface area contributed by atoms with Crippen LogP contribution in [0.2, 0.25) is 0 Å². The van der Waals surface area contributed by atoms with E-state index in [1.54, 1.807) is 78.9 Å². The maximum absolute atomic E-state index is 13.1. The fourth-order valence-corrected chi connectivity index (χ4v) is 5.10. The molecule has 0 aromatic heterocycles. The zero-order chi connectivity index (χ0) is 30.7. The van der Waals surface area contributed by atoms with Gasteiger partial charge < -0.3 is 15.4 Å². The molecule has 0 aliphatic rings. The number of rotatable bonds is 11. The van der Waals surface area contributed by atoms with Crippen molar-refractivity contribution in [2.45, 2.75) is 13.2 Å². The van der Waals surface area contributed by atoms with Gasteiger partial charge in [0, 0.05) is 12.1 Å². The zero-order valence-electron chi connectivity index (χ0n) is 23.4. The number of hydrogen-bond donors (Lipinski definition) is 2. The molecule has 0 fully saturated rings. The van der Waals surface area contributed by atoms with Crippen molar-refractivity contribution >= 4 is 33.2 Å². The number of carbonyl (C=O) groups is 2. The van der Waals surface area contributed by atoms with Crippen molar-refractivity contribution in [1.82, 2.24) is 10.6 Å². The van der Waals surface area contributed by atoms with E-state index in [0.717, 1.165) is 27.3 Å². The molecule has 0 aliphatic heterocycles. The summed E-state index contributed by atoms with van der Waals surface area (Å²) in [7, 11) is -3.73. The van der Waals surface area contributed by atoms with Crippen molar-refractivity contribution in [3.63, 3.8) is 0 Å². The van der Waals surface area contributed by atoms with Gasteiger partial charge in [0.2, 0.25) is 15.9 Å². The molecule has 10 heteroatoms. The van der Waals surface area contributed by atoms with Gasteiger partial charge in [-0.05, 0) is 59.7 Å². The highest BCUT2D eigenvalue weighted by molar-refractivity contribution is 7.92. The van der Waals surface area contributed by atoms with Crippen molar-refractivity contribution in [1.29, 1.82) is 0 Å². The number of para-hydroxylation sites is 2. The summed E-state index contributed by atoms with van der Waals surface area (Å²) < 4.78 is 44.8. The fraction of sp³-hybridized carbons (Fsp3) is 0.152. The van der Waals surface area contributed by atoms with Gasteiger partial charge >= 0.3 is 0 Å². The number of carbonyl (C=O) groups excluding carboxylic acids is 2. The normalized spacial score (nSPS) is 10.7. The number of halogens is 1. The number of sulfonamides is 1. The summed E-state index contributed by atoms with van der Waals surface area (Å²) in [5.41, 5.74) is 3.23. The third-order valence-electron chi connectivity index (χ3n) is 6.12. The SMILES string of the molecule is CS(=O)(=O)N(c1ccccc1)c1ccccc1C(=O)NCc1ccc(C#CCNC(=O)COCc2ccc(F)cc2)cc1. The van der Waals surface area contributed by atoms with Crippen LogP contribution in [-0.2, 0) is 32.7 Å². The Balaban J connectivity index is 1.28. The van der Waals surface area contributed by atoms with Gasteiger partial charge in [-0.2, -0.15) is 0 Å². The lowest BCUT2D eigenvalue weighted by molar-refractivity contribution is -0.125. The predicted octanol–water partition coefficient (Wildman–Crippen LogP) is 4.54. The van der Waals surface area contributed by atoms with Crippen LogP contribution in [0.15, 0.2) is 103 Å². The maximum Gasteiger partial charge on any atom is 0.253 e. The van der Waals surface area contributed by atoms with Gasteiger partial charge in [-0.1, -0.05) is 66.4 Å². The lowest BCUT2D eigenvalue weighted by atomic mass is 10.1. The second kappa shape index (κ2) is 14.8. The smallest absolute Gasteiger partial charge is 0.253 e. The molecule has 4 aromatic rings. The zero-order valence-corrected chi connectivity index (χ0v) is 24.2. The van der Waals surface area contributed by atoms with Crippen LogP contribution in [0.25, 0.3) is 0 Å². The van der Waals surface area contributed by atoms with Gasteiger partial charge in [0.25, 0.3) is 5.91 Å². The highest BCUT2D eigenvalue weighted by Crippen LogP contribution is 2.31. The molecule has 2 N–H and O–H groups in total. The van der Waals surface area contributed by atoms with Gasteiger partial charge in [-0.3, -0.25) is 9.59 Å². The molecule has 2 amide bonds. The molecule has 0 saturated carbocycles. The molecule has 0 saturated heterocycles. The van der Waals surface area contributed by atoms with Crippen LogP contribution in [0.5, 0.6) is 0 Å². The molecule has 8 nitrogen and oxygen atoms in total. The number of benzene rings is 4. The number of hydrogen-bond acceptors (Lipinski definition) is 5. The molecule has 0 spiro atoms. The molecule has 4 rings (SSSR count). The Kier molecular flexibility index (Phi) is 10.6. The van der Waals surface area contributed by atoms with Crippen LogP contribution >= 0.6 is 0 Å². The third-order valence-corrected chi connectivity index (χ3v) is 7.19. The fourth-order valence-electron chi connectivity index (χ4n) is 4.08. The molecule has 0 unspecified atom stereocenters. The van der Waals surface area contributed by atoms with Gasteiger partial charge in [-0.25, -0.2) is 17.1 Å². The average Bonchev–Trinajstić information content (AvgIpc) is 3.00. The van der Waals surface area contributed by atoms with Gasteiger partial charge in [-0.15, -0.1) is 0 Å². The monoisotopic (exact) mass is 599 g/mol. The summed E-state index contributed by atoms with van der Waals surface area (Å²) in [5.74, 6) is 4.78. The molecule has 0 aliphatic carbocycles. The molecular formula is C33H30FN3O5S. The Morgan fingerprint density at radius 3 is 2.19 bits per heavy atom. The minimum Gasteiger partial charge on any atom is -0.367 e. The third kappa shape index (κ3) is 9.26. The van der Waals surface area contributed by atoms with Crippen LogP contribution < -0.4 is 14.9 Å². The molecule has 0 radical (unpaired) electrons. The first kappa shape index (κ1) is 31.0. The number of nitrogens with one attached hydrogen (secondary N) is 2. The van der Waals surface area contributed by atoms with Crippen molar-refractivity contribution in [3.05, 3.63) is 131 Å². The van der Waals surface area contributed by atoms with E-state index in [9.17, 15) is 22.4 Å². The molecule has 0 heterocycles. The van der Waals surface area contributed by atoms with Crippen molar-refractivity contribution in [2.75, 3.05) is 23.7 Å². The number of nitrogens with zero attached hydrogens (tertiary/aromatic N) is 1. The minimum atomic E-state index is -3.73. The first-order valence-corrected chi connectivity index (χ1v) is 15.1. The van der Waals surface area contributed by atoms with Gasteiger partial charge in [0.15, 0.2) is 0 Å². The van der Waals surface area contributed by atoms with E-state index in [2.05, 4.69) is 22.5 Å². The molecular weight excluding hydrogens is 569 g/mol. The van der Waals surface area contributed by atoms with E-state index in [-0.39, 0.29) is 49.3 Å². The Bertz CT molecular complexity index is 1720. The standard InChI is InChI=1S/C33H30FN3O5S/c1-43(40,41)37(29-9-3-2-4-10-29)31-12-6-5-11-30(31)33(39)36-22-26-15-13-25(14-16-26)8-7-21-35-32(38)24-42-23-27-17-19-28(34)20-18-27/h2-6,9-20H,21-24H2,1H3,(H,35,38)(H,36,39). The first-order valence-electron chi connectivity index (χ1n) is 13.3. The van der Waals surface area contributed by atoms with E-state index in [4.69, 9.17) is 4.74 Å². The summed E-state index contributed by atoms with van der Waals surface area (Å²) in [6, 6.07) is 28.2. The first-order chi connectivity index (χ1) is 20.7. The number of ether oxygens (including phenoxy) is 1. The predicted molar refractivity (Wildman–Crippen MR) is 163 cm³/mol. The van der Waals surface area contributed by atoms with E-state index < -0.39 is 15.9 Å². The van der Waals surface area contributed by atoms with Gasteiger partial charge in [0.1, 0.15) is 12.4 Å². The summed E-state index contributed by atoms with van der Waals surface area (Å²) in [4.78, 5) is 25.1. The number of anilines is 2. The lowest BCUT2D eigenvalue weighted by Crippen LogP contribution is -2.29. The highest BCUT2D eigenvalue weighted by Gasteiger charge is 2.24. The lowest BCUT2D eigenvalue weighted by Gasteiger charge is -2.24. The van der Waals surface area contributed by atoms with Crippen LogP contribution in [0.3, 0.4) is 0 Å². The summed E-state index contributed by atoms with van der Waals surface area (Å²) >= 11 is 0. The van der Waals surface area contributed by atoms with Crippen LogP contribution in [-0.4, -0.2) is 39.6 Å². The van der Waals surface area contributed by atoms with Gasteiger partial charge in [0.05, 0.1) is 36.3 Å². The largest absolute Gasteiger partial charge is 0.367 e. The van der Waals surface area contributed by atoms with Crippen molar-refractivity contribution in [3.8, 4) is 11.8 Å². The van der Waals surface area contributed by atoms with Crippen LogP contribution in [0, 0.1) is 17.7 Å². The van der Waals surface area contributed by atoms with E-state index in [0.29, 0.717) is 5.69 Å². The molecule has 4 aromatic carbocycles. The minimum absolute atomic E-state index is 0.136. The summed E-state index contributed by atoms with van der Waals surface area (Å²) in [6.07, 6.45) is 1.10. The second-order valence-corrected chi connectivity index (χ2v) is 11.3. The van der Waals surface area contributed by atoms with Crippen LogP contribution in [0.1, 0.15) is 27.0 Å². The van der Waals surface area contributed by atoms with Crippen molar-refractivity contribution in [2.24, 2.45) is 0 Å². The second-order valence-electron chi connectivity index (χ2n) is 9.46. The highest BCUT2D eigenvalue weighted by atomic mass is 32.2. The molecule has 220 valence electrons. The maximum atomic E-state index is 13.1. The van der Waals surface area contributed by atoms with E-state index >= 15 is 0 Å². The topological polar surface area (TPSA) is 105 Å².